The monoisotopic (exact) mass is 467 g/mol. The molecular weight excluding hydrogens is 438 g/mol. The Balaban J connectivity index is 1.35. The first-order valence-corrected chi connectivity index (χ1v) is 12.3. The van der Waals surface area contributed by atoms with Gasteiger partial charge in [0.05, 0.1) is 17.0 Å². The van der Waals surface area contributed by atoms with Crippen LogP contribution in [0.4, 0.5) is 10.5 Å². The molecule has 8 heteroatoms. The Bertz CT molecular complexity index is 1010. The number of anilines is 1. The fourth-order valence-electron chi connectivity index (χ4n) is 4.33. The summed E-state index contributed by atoms with van der Waals surface area (Å²) in [5.74, 6) is 0.603. The normalized spacial score (nSPS) is 17.2. The molecule has 174 valence electrons. The number of thioether (sulfide) groups is 1. The summed E-state index contributed by atoms with van der Waals surface area (Å²) in [6, 6.07) is 14.2. The van der Waals surface area contributed by atoms with Gasteiger partial charge in [-0.2, -0.15) is 0 Å². The van der Waals surface area contributed by atoms with Crippen LogP contribution in [0.25, 0.3) is 0 Å². The largest absolute Gasteiger partial charge is 0.462 e. The molecule has 33 heavy (non-hydrogen) atoms. The van der Waals surface area contributed by atoms with E-state index in [1.54, 1.807) is 36.1 Å². The third-order valence-electron chi connectivity index (χ3n) is 6.20. The van der Waals surface area contributed by atoms with E-state index in [9.17, 15) is 14.4 Å². The lowest BCUT2D eigenvalue weighted by Crippen LogP contribution is -2.54. The maximum absolute atomic E-state index is 13.2. The number of carbonyl (C=O) groups is 3. The fourth-order valence-corrected chi connectivity index (χ4v) is 5.78. The van der Waals surface area contributed by atoms with Crippen molar-refractivity contribution in [1.29, 1.82) is 0 Å². The lowest BCUT2D eigenvalue weighted by Gasteiger charge is -2.44. The van der Waals surface area contributed by atoms with Crippen LogP contribution >= 0.6 is 11.8 Å². The molecule has 0 saturated carbocycles. The van der Waals surface area contributed by atoms with Crippen molar-refractivity contribution < 1.29 is 19.1 Å². The summed E-state index contributed by atoms with van der Waals surface area (Å²) in [6.07, 6.45) is 1.48. The number of likely N-dealkylation sites (tertiary alicyclic amines) is 1. The predicted molar refractivity (Wildman–Crippen MR) is 130 cm³/mol. The zero-order valence-corrected chi connectivity index (χ0v) is 19.8. The minimum absolute atomic E-state index is 0.0691. The van der Waals surface area contributed by atoms with Gasteiger partial charge in [-0.3, -0.25) is 4.79 Å². The van der Waals surface area contributed by atoms with Crippen LogP contribution in [0.2, 0.25) is 0 Å². The minimum Gasteiger partial charge on any atom is -0.462 e. The molecule has 0 atom stereocenters. The summed E-state index contributed by atoms with van der Waals surface area (Å²) in [5, 5.41) is 2.90. The number of hydrogen-bond donors (Lipinski definition) is 1. The second-order valence-corrected chi connectivity index (χ2v) is 9.79. The van der Waals surface area contributed by atoms with Crippen molar-refractivity contribution in [2.45, 2.75) is 31.6 Å². The van der Waals surface area contributed by atoms with Crippen molar-refractivity contribution in [2.24, 2.45) is 0 Å². The number of nitrogens with one attached hydrogen (secondary N) is 1. The number of aryl methyl sites for hydroxylation is 1. The van der Waals surface area contributed by atoms with Crippen LogP contribution < -0.4 is 5.32 Å². The molecule has 4 rings (SSSR count). The van der Waals surface area contributed by atoms with Crippen LogP contribution in [0.15, 0.2) is 48.5 Å². The van der Waals surface area contributed by atoms with Crippen LogP contribution in [0.5, 0.6) is 0 Å². The highest BCUT2D eigenvalue weighted by atomic mass is 32.2. The van der Waals surface area contributed by atoms with E-state index < -0.39 is 0 Å². The highest BCUT2D eigenvalue weighted by Gasteiger charge is 2.47. The molecule has 0 radical (unpaired) electrons. The first-order chi connectivity index (χ1) is 15.9. The summed E-state index contributed by atoms with van der Waals surface area (Å²) >= 11 is 1.83. The molecule has 2 heterocycles. The van der Waals surface area contributed by atoms with Crippen molar-refractivity contribution in [3.8, 4) is 0 Å². The Labute approximate surface area is 198 Å². The molecule has 0 unspecified atom stereocenters. The summed E-state index contributed by atoms with van der Waals surface area (Å²) in [4.78, 5) is 41.3. The average Bonchev–Trinajstić information content (AvgIpc) is 3.23. The molecule has 2 aliphatic rings. The second-order valence-electron chi connectivity index (χ2n) is 8.33. The highest BCUT2D eigenvalue weighted by molar-refractivity contribution is 8.00. The summed E-state index contributed by atoms with van der Waals surface area (Å²) < 4.78 is 4.98. The standard InChI is InChI=1S/C25H29N3O4S/c1-3-32-23(30)20-8-10-21(11-9-20)26-24(31)27-14-12-25(13-15-27)28(16-17-33-25)22(29)19-6-4-18(2)5-7-19/h4-11H,3,12-17H2,1-2H3,(H,26,31). The van der Waals surface area contributed by atoms with Crippen LogP contribution in [0, 0.1) is 6.92 Å². The highest BCUT2D eigenvalue weighted by Crippen LogP contribution is 2.44. The molecule has 0 bridgehead atoms. The van der Waals surface area contributed by atoms with E-state index in [0.717, 1.165) is 30.7 Å². The Kier molecular flexibility index (Phi) is 6.93. The van der Waals surface area contributed by atoms with Crippen LogP contribution in [0.3, 0.4) is 0 Å². The molecule has 2 aliphatic heterocycles. The van der Waals surface area contributed by atoms with E-state index in [1.165, 1.54) is 0 Å². The van der Waals surface area contributed by atoms with Crippen LogP contribution in [-0.2, 0) is 4.74 Å². The Morgan fingerprint density at radius 3 is 2.24 bits per heavy atom. The fraction of sp³-hybridized carbons (Fsp3) is 0.400. The van der Waals surface area contributed by atoms with Gasteiger partial charge in [0.15, 0.2) is 0 Å². The van der Waals surface area contributed by atoms with Gasteiger partial charge < -0.3 is 19.9 Å². The molecular formula is C25H29N3O4S. The maximum Gasteiger partial charge on any atom is 0.338 e. The molecule has 2 aromatic rings. The molecule has 1 N–H and O–H groups in total. The van der Waals surface area contributed by atoms with E-state index in [4.69, 9.17) is 4.74 Å². The van der Waals surface area contributed by atoms with Crippen molar-refractivity contribution in [3.63, 3.8) is 0 Å². The van der Waals surface area contributed by atoms with E-state index in [2.05, 4.69) is 5.32 Å². The van der Waals surface area contributed by atoms with Gasteiger partial charge in [0, 0.05) is 36.6 Å². The molecule has 7 nitrogen and oxygen atoms in total. The van der Waals surface area contributed by atoms with E-state index in [1.807, 2.05) is 47.9 Å². The number of amides is 3. The Hall–Kier alpha value is -3.00. The zero-order chi connectivity index (χ0) is 23.4. The van der Waals surface area contributed by atoms with Crippen LogP contribution in [0.1, 0.15) is 46.0 Å². The zero-order valence-electron chi connectivity index (χ0n) is 19.0. The number of urea groups is 1. The number of benzene rings is 2. The number of piperidine rings is 1. The van der Waals surface area contributed by atoms with Gasteiger partial charge in [-0.05, 0) is 63.1 Å². The number of carbonyl (C=O) groups excluding carboxylic acids is 3. The first kappa shape index (κ1) is 23.2. The third-order valence-corrected chi connectivity index (χ3v) is 7.75. The van der Waals surface area contributed by atoms with Gasteiger partial charge in [-0.1, -0.05) is 17.7 Å². The maximum atomic E-state index is 13.2. The van der Waals surface area contributed by atoms with Gasteiger partial charge >= 0.3 is 12.0 Å². The molecule has 1 spiro atoms. The lowest BCUT2D eigenvalue weighted by molar-refractivity contribution is 0.0525. The second kappa shape index (κ2) is 9.87. The van der Waals surface area contributed by atoms with Crippen LogP contribution in [-0.4, -0.2) is 64.6 Å². The van der Waals surface area contributed by atoms with E-state index >= 15 is 0 Å². The number of hydrogen-bond acceptors (Lipinski definition) is 5. The summed E-state index contributed by atoms with van der Waals surface area (Å²) in [5.41, 5.74) is 2.92. The van der Waals surface area contributed by atoms with Gasteiger partial charge in [0.2, 0.25) is 0 Å². The molecule has 2 saturated heterocycles. The predicted octanol–water partition coefficient (Wildman–Crippen LogP) is 4.38. The minimum atomic E-state index is -0.379. The average molecular weight is 468 g/mol. The lowest BCUT2D eigenvalue weighted by atomic mass is 10.0. The van der Waals surface area contributed by atoms with Crippen molar-refractivity contribution in [1.82, 2.24) is 9.80 Å². The number of nitrogens with zero attached hydrogens (tertiary/aromatic N) is 2. The molecule has 2 aromatic carbocycles. The molecule has 0 aromatic heterocycles. The number of esters is 1. The van der Waals surface area contributed by atoms with Gasteiger partial charge in [0.25, 0.3) is 5.91 Å². The SMILES string of the molecule is CCOC(=O)c1ccc(NC(=O)N2CCC3(CC2)SCCN3C(=O)c2ccc(C)cc2)cc1. The third kappa shape index (κ3) is 5.00. The molecule has 3 amide bonds. The number of ether oxygens (including phenoxy) is 1. The smallest absolute Gasteiger partial charge is 0.338 e. The van der Waals surface area contributed by atoms with Crippen molar-refractivity contribution in [2.75, 3.05) is 37.3 Å². The molecule has 2 fully saturated rings. The number of rotatable bonds is 4. The van der Waals surface area contributed by atoms with Gasteiger partial charge in [-0.15, -0.1) is 11.8 Å². The summed E-state index contributed by atoms with van der Waals surface area (Å²) in [7, 11) is 0. The first-order valence-electron chi connectivity index (χ1n) is 11.3. The quantitative estimate of drug-likeness (QED) is 0.675. The van der Waals surface area contributed by atoms with Crippen molar-refractivity contribution in [3.05, 3.63) is 65.2 Å². The van der Waals surface area contributed by atoms with E-state index in [0.29, 0.717) is 36.5 Å². The van der Waals surface area contributed by atoms with E-state index in [-0.39, 0.29) is 22.8 Å². The summed E-state index contributed by atoms with van der Waals surface area (Å²) in [6.45, 7) is 5.99. The van der Waals surface area contributed by atoms with Crippen molar-refractivity contribution >= 4 is 35.4 Å². The van der Waals surface area contributed by atoms with Gasteiger partial charge in [-0.25, -0.2) is 9.59 Å². The van der Waals surface area contributed by atoms with Gasteiger partial charge in [0.1, 0.15) is 0 Å². The molecule has 0 aliphatic carbocycles. The topological polar surface area (TPSA) is 79.0 Å². The Morgan fingerprint density at radius 1 is 0.970 bits per heavy atom. The Morgan fingerprint density at radius 2 is 1.61 bits per heavy atom.